The summed E-state index contributed by atoms with van der Waals surface area (Å²) in [6.45, 7) is 0. The lowest BCUT2D eigenvalue weighted by molar-refractivity contribution is -0.384. The number of nitrogens with zero attached hydrogens (tertiary/aromatic N) is 1. The van der Waals surface area contributed by atoms with Gasteiger partial charge < -0.3 is 5.32 Å². The van der Waals surface area contributed by atoms with Crippen LogP contribution in [0, 0.1) is 10.1 Å². The van der Waals surface area contributed by atoms with E-state index in [-0.39, 0.29) is 15.8 Å². The number of nitro benzene ring substituents is 1. The molecule has 1 aliphatic carbocycles. The molecule has 0 atom stereocenters. The third kappa shape index (κ3) is 4.64. The maximum Gasteiger partial charge on any atom is 0.270 e. The van der Waals surface area contributed by atoms with Gasteiger partial charge in [0.2, 0.25) is 5.91 Å². The number of rotatable bonds is 6. The molecule has 8 heteroatoms. The normalized spacial score (nSPS) is 15.0. The lowest BCUT2D eigenvalue weighted by atomic mass is 10.2. The third-order valence-corrected chi connectivity index (χ3v) is 6.94. The Kier molecular flexibility index (Phi) is 5.89. The van der Waals surface area contributed by atoms with Crippen molar-refractivity contribution in [2.24, 2.45) is 0 Å². The highest BCUT2D eigenvalue weighted by atomic mass is 32.2. The number of hydrogen-bond donors (Lipinski definition) is 1. The number of sulfone groups is 1. The summed E-state index contributed by atoms with van der Waals surface area (Å²) in [5.74, 6) is -0.457. The highest BCUT2D eigenvalue weighted by Gasteiger charge is 2.30. The SMILES string of the molecule is O=C(C=Cc1cccc([N+](=O)[O-])c1)Nc1cccc(S(=O)(=O)C2CCCC2)c1. The van der Waals surface area contributed by atoms with Gasteiger partial charge in [-0.3, -0.25) is 14.9 Å². The van der Waals surface area contributed by atoms with Crippen LogP contribution in [0.25, 0.3) is 6.08 Å². The molecular weight excluding hydrogens is 380 g/mol. The van der Waals surface area contributed by atoms with Gasteiger partial charge in [0.1, 0.15) is 0 Å². The quantitative estimate of drug-likeness (QED) is 0.449. The van der Waals surface area contributed by atoms with E-state index in [0.29, 0.717) is 24.1 Å². The molecule has 0 aliphatic heterocycles. The van der Waals surface area contributed by atoms with Crippen LogP contribution in [0.3, 0.4) is 0 Å². The molecule has 7 nitrogen and oxygen atoms in total. The van der Waals surface area contributed by atoms with E-state index in [1.54, 1.807) is 24.3 Å². The number of nitro groups is 1. The monoisotopic (exact) mass is 400 g/mol. The van der Waals surface area contributed by atoms with Crippen molar-refractivity contribution >= 4 is 33.2 Å². The molecule has 2 aromatic carbocycles. The largest absolute Gasteiger partial charge is 0.322 e. The molecule has 0 spiro atoms. The zero-order chi connectivity index (χ0) is 20.1. The van der Waals surface area contributed by atoms with Crippen LogP contribution in [0.5, 0.6) is 0 Å². The average molecular weight is 400 g/mol. The Morgan fingerprint density at radius 3 is 2.54 bits per heavy atom. The van der Waals surface area contributed by atoms with Gasteiger partial charge in [-0.2, -0.15) is 0 Å². The third-order valence-electron chi connectivity index (χ3n) is 4.68. The van der Waals surface area contributed by atoms with Crippen LogP contribution in [0.2, 0.25) is 0 Å². The van der Waals surface area contributed by atoms with Crippen molar-refractivity contribution < 1.29 is 18.1 Å². The van der Waals surface area contributed by atoms with Gasteiger partial charge in [0.25, 0.3) is 5.69 Å². The van der Waals surface area contributed by atoms with Gasteiger partial charge >= 0.3 is 0 Å². The maximum absolute atomic E-state index is 12.7. The van der Waals surface area contributed by atoms with Gasteiger partial charge in [0.05, 0.1) is 15.1 Å². The van der Waals surface area contributed by atoms with Crippen LogP contribution in [0.4, 0.5) is 11.4 Å². The Balaban J connectivity index is 1.71. The molecule has 0 heterocycles. The van der Waals surface area contributed by atoms with E-state index in [0.717, 1.165) is 12.8 Å². The van der Waals surface area contributed by atoms with Crippen LogP contribution in [0.1, 0.15) is 31.2 Å². The fraction of sp³-hybridized carbons (Fsp3) is 0.250. The molecule has 3 rings (SSSR count). The number of non-ortho nitro benzene ring substituents is 1. The highest BCUT2D eigenvalue weighted by Crippen LogP contribution is 2.30. The predicted octanol–water partition coefficient (Wildman–Crippen LogP) is 3.96. The Labute approximate surface area is 163 Å². The van der Waals surface area contributed by atoms with E-state index in [9.17, 15) is 23.3 Å². The number of carbonyl (C=O) groups excluding carboxylic acids is 1. The van der Waals surface area contributed by atoms with Crippen LogP contribution >= 0.6 is 0 Å². The molecule has 0 radical (unpaired) electrons. The average Bonchev–Trinajstić information content (AvgIpc) is 3.22. The summed E-state index contributed by atoms with van der Waals surface area (Å²) in [4.78, 5) is 22.6. The number of anilines is 1. The van der Waals surface area contributed by atoms with Crippen molar-refractivity contribution in [2.75, 3.05) is 5.32 Å². The van der Waals surface area contributed by atoms with E-state index in [1.807, 2.05) is 0 Å². The van der Waals surface area contributed by atoms with Crippen molar-refractivity contribution in [3.8, 4) is 0 Å². The van der Waals surface area contributed by atoms with E-state index in [1.165, 1.54) is 36.4 Å². The molecule has 2 aromatic rings. The minimum absolute atomic E-state index is 0.0626. The second-order valence-electron chi connectivity index (χ2n) is 6.65. The molecule has 1 aliphatic rings. The van der Waals surface area contributed by atoms with Crippen LogP contribution < -0.4 is 5.32 Å². The van der Waals surface area contributed by atoms with Gasteiger partial charge in [-0.05, 0) is 42.7 Å². The van der Waals surface area contributed by atoms with E-state index >= 15 is 0 Å². The minimum Gasteiger partial charge on any atom is -0.322 e. The molecule has 0 unspecified atom stereocenters. The van der Waals surface area contributed by atoms with Crippen LogP contribution in [-0.2, 0) is 14.6 Å². The maximum atomic E-state index is 12.7. The Hall–Kier alpha value is -3.00. The fourth-order valence-electron chi connectivity index (χ4n) is 3.24. The first-order valence-corrected chi connectivity index (χ1v) is 10.5. The first-order valence-electron chi connectivity index (χ1n) is 8.94. The Morgan fingerprint density at radius 1 is 1.11 bits per heavy atom. The van der Waals surface area contributed by atoms with Crippen LogP contribution in [0.15, 0.2) is 59.5 Å². The van der Waals surface area contributed by atoms with Gasteiger partial charge in [-0.25, -0.2) is 8.42 Å². The first-order chi connectivity index (χ1) is 13.4. The predicted molar refractivity (Wildman–Crippen MR) is 107 cm³/mol. The summed E-state index contributed by atoms with van der Waals surface area (Å²) in [5.41, 5.74) is 0.835. The summed E-state index contributed by atoms with van der Waals surface area (Å²) in [6, 6.07) is 12.1. The molecule has 0 saturated heterocycles. The molecule has 0 aromatic heterocycles. The summed E-state index contributed by atoms with van der Waals surface area (Å²) in [5, 5.41) is 13.1. The number of benzene rings is 2. The zero-order valence-electron chi connectivity index (χ0n) is 15.1. The van der Waals surface area contributed by atoms with Gasteiger partial charge in [-0.15, -0.1) is 0 Å². The zero-order valence-corrected chi connectivity index (χ0v) is 15.9. The molecule has 0 bridgehead atoms. The van der Waals surface area contributed by atoms with E-state index in [2.05, 4.69) is 5.32 Å². The van der Waals surface area contributed by atoms with Gasteiger partial charge in [0, 0.05) is 23.9 Å². The van der Waals surface area contributed by atoms with Crippen molar-refractivity contribution in [1.82, 2.24) is 0 Å². The van der Waals surface area contributed by atoms with Gasteiger partial charge in [-0.1, -0.05) is 31.0 Å². The van der Waals surface area contributed by atoms with Crippen LogP contribution in [-0.4, -0.2) is 24.5 Å². The molecule has 1 saturated carbocycles. The lowest BCUT2D eigenvalue weighted by Gasteiger charge is -2.12. The Bertz CT molecular complexity index is 1020. The first kappa shape index (κ1) is 19.8. The molecule has 146 valence electrons. The van der Waals surface area contributed by atoms with Crippen molar-refractivity contribution in [1.29, 1.82) is 0 Å². The standard InChI is InChI=1S/C20H20N2O5S/c23-20(12-11-15-5-3-7-17(13-15)22(24)25)21-16-6-4-10-19(14-16)28(26,27)18-8-1-2-9-18/h3-7,10-14,18H,1-2,8-9H2,(H,21,23). The number of carbonyl (C=O) groups is 1. The summed E-state index contributed by atoms with van der Waals surface area (Å²) >= 11 is 0. The van der Waals surface area contributed by atoms with Gasteiger partial charge in [0.15, 0.2) is 9.84 Å². The smallest absolute Gasteiger partial charge is 0.270 e. The van der Waals surface area contributed by atoms with Crippen molar-refractivity contribution in [2.45, 2.75) is 35.8 Å². The molecule has 1 N–H and O–H groups in total. The molecule has 1 amide bonds. The second-order valence-corrected chi connectivity index (χ2v) is 8.88. The summed E-state index contributed by atoms with van der Waals surface area (Å²) in [7, 11) is -3.40. The lowest BCUT2D eigenvalue weighted by Crippen LogP contribution is -2.18. The topological polar surface area (TPSA) is 106 Å². The summed E-state index contributed by atoms with van der Waals surface area (Å²) in [6.07, 6.45) is 5.89. The summed E-state index contributed by atoms with van der Waals surface area (Å²) < 4.78 is 25.4. The molecular formula is C20H20N2O5S. The van der Waals surface area contributed by atoms with E-state index in [4.69, 9.17) is 0 Å². The highest BCUT2D eigenvalue weighted by molar-refractivity contribution is 7.92. The number of amides is 1. The second kappa shape index (κ2) is 8.35. The number of hydrogen-bond acceptors (Lipinski definition) is 5. The Morgan fingerprint density at radius 2 is 1.82 bits per heavy atom. The van der Waals surface area contributed by atoms with Crippen molar-refractivity contribution in [3.05, 3.63) is 70.3 Å². The molecule has 1 fully saturated rings. The van der Waals surface area contributed by atoms with Crippen molar-refractivity contribution in [3.63, 3.8) is 0 Å². The number of nitrogens with one attached hydrogen (secondary N) is 1. The van der Waals surface area contributed by atoms with E-state index < -0.39 is 20.7 Å². The fourth-order valence-corrected chi connectivity index (χ4v) is 5.14. The molecule has 28 heavy (non-hydrogen) atoms. The minimum atomic E-state index is -3.40.